The highest BCUT2D eigenvalue weighted by Gasteiger charge is 2.10. The molecule has 0 aliphatic carbocycles. The smallest absolute Gasteiger partial charge is 0.262 e. The summed E-state index contributed by atoms with van der Waals surface area (Å²) < 4.78 is 5.47. The quantitative estimate of drug-likeness (QED) is 0.857. The van der Waals surface area contributed by atoms with Crippen LogP contribution in [0.1, 0.15) is 22.8 Å². The summed E-state index contributed by atoms with van der Waals surface area (Å²) in [4.78, 5) is 23.4. The summed E-state index contributed by atoms with van der Waals surface area (Å²) in [7, 11) is 0. The van der Waals surface area contributed by atoms with Crippen LogP contribution in [0.15, 0.2) is 48.5 Å². The van der Waals surface area contributed by atoms with Crippen LogP contribution >= 0.6 is 0 Å². The maximum atomic E-state index is 11.9. The van der Waals surface area contributed by atoms with Crippen LogP contribution in [0.3, 0.4) is 0 Å². The predicted molar refractivity (Wildman–Crippen MR) is 81.8 cm³/mol. The Hall–Kier alpha value is -2.62. The van der Waals surface area contributed by atoms with Crippen molar-refractivity contribution in [2.45, 2.75) is 13.8 Å². The van der Waals surface area contributed by atoms with Crippen molar-refractivity contribution >= 4 is 17.4 Å². The number of hydrogen-bond acceptors (Lipinski definition) is 3. The molecule has 0 unspecified atom stereocenters. The normalized spacial score (nSPS) is 10.0. The number of aryl methyl sites for hydroxylation is 1. The van der Waals surface area contributed by atoms with Gasteiger partial charge in [-0.05, 0) is 37.6 Å². The third-order valence-corrected chi connectivity index (χ3v) is 3.03. The van der Waals surface area contributed by atoms with Crippen LogP contribution in [0, 0.1) is 6.92 Å². The molecule has 108 valence electrons. The first-order chi connectivity index (χ1) is 10.1. The Morgan fingerprint density at radius 2 is 1.71 bits per heavy atom. The molecule has 21 heavy (non-hydrogen) atoms. The number of ketones is 1. The zero-order valence-electron chi connectivity index (χ0n) is 12.1. The molecule has 0 radical (unpaired) electrons. The Morgan fingerprint density at radius 3 is 2.43 bits per heavy atom. The van der Waals surface area contributed by atoms with Gasteiger partial charge in [-0.3, -0.25) is 9.59 Å². The molecule has 0 bridgehead atoms. The molecule has 4 heteroatoms. The molecule has 0 saturated heterocycles. The highest BCUT2D eigenvalue weighted by Crippen LogP contribution is 2.17. The molecule has 0 atom stereocenters. The lowest BCUT2D eigenvalue weighted by Gasteiger charge is -2.11. The van der Waals surface area contributed by atoms with Gasteiger partial charge in [-0.2, -0.15) is 0 Å². The van der Waals surface area contributed by atoms with Gasteiger partial charge in [0, 0.05) is 5.56 Å². The van der Waals surface area contributed by atoms with E-state index in [-0.39, 0.29) is 18.3 Å². The summed E-state index contributed by atoms with van der Waals surface area (Å²) in [6, 6.07) is 14.4. The molecule has 0 aliphatic heterocycles. The van der Waals surface area contributed by atoms with Crippen molar-refractivity contribution in [3.8, 4) is 5.75 Å². The van der Waals surface area contributed by atoms with E-state index in [4.69, 9.17) is 4.74 Å². The first kappa shape index (κ1) is 14.8. The number of carbonyl (C=O) groups is 2. The maximum absolute atomic E-state index is 11.9. The minimum absolute atomic E-state index is 0.0919. The zero-order chi connectivity index (χ0) is 15.2. The van der Waals surface area contributed by atoms with Gasteiger partial charge in [-0.25, -0.2) is 0 Å². The van der Waals surface area contributed by atoms with Gasteiger partial charge in [0.2, 0.25) is 0 Å². The monoisotopic (exact) mass is 283 g/mol. The van der Waals surface area contributed by atoms with Crippen molar-refractivity contribution in [3.63, 3.8) is 0 Å². The van der Waals surface area contributed by atoms with Gasteiger partial charge < -0.3 is 10.1 Å². The molecule has 1 amide bonds. The molecule has 2 aromatic rings. The molecule has 0 aliphatic rings. The Morgan fingerprint density at radius 1 is 1.05 bits per heavy atom. The predicted octanol–water partition coefficient (Wildman–Crippen LogP) is 3.22. The number of benzene rings is 2. The molecule has 0 aromatic heterocycles. The van der Waals surface area contributed by atoms with Crippen LogP contribution in [-0.4, -0.2) is 18.3 Å². The highest BCUT2D eigenvalue weighted by atomic mass is 16.5. The second kappa shape index (κ2) is 6.70. The number of ether oxygens (including phenoxy) is 1. The van der Waals surface area contributed by atoms with Gasteiger partial charge in [0.15, 0.2) is 12.4 Å². The van der Waals surface area contributed by atoms with Crippen LogP contribution < -0.4 is 10.1 Å². The fourth-order valence-electron chi connectivity index (χ4n) is 1.95. The number of carbonyl (C=O) groups excluding carboxylic acids is 2. The van der Waals surface area contributed by atoms with Gasteiger partial charge in [0.25, 0.3) is 5.91 Å². The number of amides is 1. The van der Waals surface area contributed by atoms with Gasteiger partial charge in [-0.15, -0.1) is 0 Å². The van der Waals surface area contributed by atoms with Crippen molar-refractivity contribution in [1.82, 2.24) is 0 Å². The van der Waals surface area contributed by atoms with E-state index in [9.17, 15) is 9.59 Å². The lowest BCUT2D eigenvalue weighted by atomic mass is 10.1. The van der Waals surface area contributed by atoms with E-state index in [1.807, 2.05) is 31.2 Å². The summed E-state index contributed by atoms with van der Waals surface area (Å²) in [5.74, 6) is 0.283. The van der Waals surface area contributed by atoms with Crippen molar-refractivity contribution in [2.75, 3.05) is 11.9 Å². The molecule has 0 spiro atoms. The molecule has 2 aromatic carbocycles. The molecule has 1 N–H and O–H groups in total. The first-order valence-corrected chi connectivity index (χ1v) is 6.66. The van der Waals surface area contributed by atoms with Gasteiger partial charge in [-0.1, -0.05) is 30.3 Å². The molecule has 0 fully saturated rings. The Labute approximate surface area is 123 Å². The standard InChI is InChI=1S/C17H17NO3/c1-12-7-3-6-10-16(12)21-11-17(20)18-15-9-5-4-8-14(15)13(2)19/h3-10H,11H2,1-2H3,(H,18,20). The summed E-state index contributed by atoms with van der Waals surface area (Å²) in [5.41, 5.74) is 1.96. The van der Waals surface area contributed by atoms with Crippen LogP contribution in [0.25, 0.3) is 0 Å². The number of hydrogen-bond donors (Lipinski definition) is 1. The molecular formula is C17H17NO3. The average Bonchev–Trinajstić information content (AvgIpc) is 2.47. The lowest BCUT2D eigenvalue weighted by Crippen LogP contribution is -2.21. The second-order valence-corrected chi connectivity index (χ2v) is 4.70. The highest BCUT2D eigenvalue weighted by molar-refractivity contribution is 6.03. The van der Waals surface area contributed by atoms with Crippen molar-refractivity contribution in [3.05, 3.63) is 59.7 Å². The van der Waals surface area contributed by atoms with Crippen LogP contribution in [0.4, 0.5) is 5.69 Å². The van der Waals surface area contributed by atoms with Crippen LogP contribution in [-0.2, 0) is 4.79 Å². The molecule has 4 nitrogen and oxygen atoms in total. The summed E-state index contributed by atoms with van der Waals surface area (Å²) in [6.07, 6.45) is 0. The van der Waals surface area contributed by atoms with Crippen molar-refractivity contribution < 1.29 is 14.3 Å². The molecular weight excluding hydrogens is 266 g/mol. The van der Waals surface area contributed by atoms with Crippen molar-refractivity contribution in [1.29, 1.82) is 0 Å². The second-order valence-electron chi connectivity index (χ2n) is 4.70. The minimum Gasteiger partial charge on any atom is -0.483 e. The average molecular weight is 283 g/mol. The lowest BCUT2D eigenvalue weighted by molar-refractivity contribution is -0.118. The van der Waals surface area contributed by atoms with Crippen LogP contribution in [0.5, 0.6) is 5.75 Å². The third kappa shape index (κ3) is 3.92. The number of nitrogens with one attached hydrogen (secondary N) is 1. The van der Waals surface area contributed by atoms with E-state index in [2.05, 4.69) is 5.32 Å². The number of Topliss-reactive ketones (excluding diaryl/α,β-unsaturated/α-hetero) is 1. The van der Waals surface area contributed by atoms with Gasteiger partial charge >= 0.3 is 0 Å². The Kier molecular flexibility index (Phi) is 4.72. The zero-order valence-corrected chi connectivity index (χ0v) is 12.1. The van der Waals surface area contributed by atoms with E-state index < -0.39 is 0 Å². The Balaban J connectivity index is 2.00. The third-order valence-electron chi connectivity index (χ3n) is 3.03. The maximum Gasteiger partial charge on any atom is 0.262 e. The summed E-state index contributed by atoms with van der Waals surface area (Å²) >= 11 is 0. The number of para-hydroxylation sites is 2. The largest absolute Gasteiger partial charge is 0.483 e. The molecule has 0 heterocycles. The van der Waals surface area contributed by atoms with Gasteiger partial charge in [0.05, 0.1) is 5.69 Å². The summed E-state index contributed by atoms with van der Waals surface area (Å²) in [6.45, 7) is 3.28. The number of anilines is 1. The summed E-state index contributed by atoms with van der Waals surface area (Å²) in [5, 5.41) is 2.70. The van der Waals surface area contributed by atoms with E-state index in [1.165, 1.54) is 6.92 Å². The van der Waals surface area contributed by atoms with Crippen LogP contribution in [0.2, 0.25) is 0 Å². The first-order valence-electron chi connectivity index (χ1n) is 6.66. The van der Waals surface area contributed by atoms with E-state index in [0.29, 0.717) is 17.0 Å². The SMILES string of the molecule is CC(=O)c1ccccc1NC(=O)COc1ccccc1C. The number of rotatable bonds is 5. The topological polar surface area (TPSA) is 55.4 Å². The van der Waals surface area contributed by atoms with E-state index >= 15 is 0 Å². The van der Waals surface area contributed by atoms with Crippen molar-refractivity contribution in [2.24, 2.45) is 0 Å². The fourth-order valence-corrected chi connectivity index (χ4v) is 1.95. The molecule has 0 saturated carbocycles. The Bertz CT molecular complexity index is 665. The van der Waals surface area contributed by atoms with E-state index in [1.54, 1.807) is 24.3 Å². The minimum atomic E-state index is -0.299. The fraction of sp³-hybridized carbons (Fsp3) is 0.176. The van der Waals surface area contributed by atoms with E-state index in [0.717, 1.165) is 5.56 Å². The molecule has 2 rings (SSSR count). The van der Waals surface area contributed by atoms with Gasteiger partial charge in [0.1, 0.15) is 5.75 Å².